The molecule has 3 rings (SSSR count). The summed E-state index contributed by atoms with van der Waals surface area (Å²) in [5.74, 6) is 3.56. The number of nitrogens with one attached hydrogen (secondary N) is 2. The smallest absolute Gasteiger partial charge is 0.191 e. The lowest BCUT2D eigenvalue weighted by molar-refractivity contribution is 0.0376. The zero-order chi connectivity index (χ0) is 19.8. The van der Waals surface area contributed by atoms with Gasteiger partial charge in [-0.1, -0.05) is 6.92 Å². The van der Waals surface area contributed by atoms with Crippen LogP contribution in [0.5, 0.6) is 0 Å². The third-order valence-electron chi connectivity index (χ3n) is 5.97. The first-order valence-electron chi connectivity index (χ1n) is 10.8. The first-order valence-corrected chi connectivity index (χ1v) is 10.8. The maximum atomic E-state index is 5.42. The Morgan fingerprint density at radius 2 is 1.90 bits per heavy atom. The largest absolute Gasteiger partial charge is 0.379 e. The Balaban J connectivity index is 0.00000300. The molecule has 0 radical (unpaired) electrons. The summed E-state index contributed by atoms with van der Waals surface area (Å²) in [7, 11) is 1.99. The lowest BCUT2D eigenvalue weighted by Crippen LogP contribution is -2.45. The Bertz CT molecular complexity index is 622. The minimum atomic E-state index is 0. The van der Waals surface area contributed by atoms with Crippen molar-refractivity contribution < 1.29 is 4.74 Å². The molecule has 0 amide bonds. The van der Waals surface area contributed by atoms with Gasteiger partial charge in [0.05, 0.1) is 13.2 Å². The van der Waals surface area contributed by atoms with Crippen LogP contribution in [0.3, 0.4) is 0 Å². The van der Waals surface area contributed by atoms with Crippen molar-refractivity contribution in [2.24, 2.45) is 18.0 Å². The van der Waals surface area contributed by atoms with Crippen LogP contribution < -0.4 is 10.6 Å². The van der Waals surface area contributed by atoms with Gasteiger partial charge in [0.25, 0.3) is 0 Å². The lowest BCUT2D eigenvalue weighted by atomic mass is 9.87. The lowest BCUT2D eigenvalue weighted by Gasteiger charge is -2.29. The fourth-order valence-corrected chi connectivity index (χ4v) is 3.82. The molecular weight excluding hydrogens is 481 g/mol. The minimum absolute atomic E-state index is 0. The molecule has 2 heterocycles. The molecule has 0 bridgehead atoms. The zero-order valence-electron chi connectivity index (χ0n) is 18.2. The highest BCUT2D eigenvalue weighted by atomic mass is 127. The van der Waals surface area contributed by atoms with E-state index in [1.807, 2.05) is 18.5 Å². The number of aliphatic imine (C=N–C) groups is 1. The number of ether oxygens (including phenoxy) is 1. The average Bonchev–Trinajstić information content (AvgIpc) is 3.03. The summed E-state index contributed by atoms with van der Waals surface area (Å²) in [5, 5.41) is 15.6. The number of rotatable bonds is 7. The van der Waals surface area contributed by atoms with Crippen LogP contribution in [0.15, 0.2) is 4.99 Å². The molecule has 1 aromatic rings. The molecule has 1 aliphatic carbocycles. The molecule has 1 aliphatic heterocycles. The maximum Gasteiger partial charge on any atom is 0.191 e. The molecule has 29 heavy (non-hydrogen) atoms. The average molecular weight is 519 g/mol. The van der Waals surface area contributed by atoms with Crippen LogP contribution in [0.25, 0.3) is 0 Å². The molecule has 0 unspecified atom stereocenters. The van der Waals surface area contributed by atoms with Crippen molar-refractivity contribution in [1.29, 1.82) is 0 Å². The third-order valence-corrected chi connectivity index (χ3v) is 5.97. The Morgan fingerprint density at radius 1 is 1.17 bits per heavy atom. The Labute approximate surface area is 192 Å². The number of morpholine rings is 1. The molecule has 0 atom stereocenters. The van der Waals surface area contributed by atoms with Crippen LogP contribution in [-0.4, -0.2) is 71.1 Å². The molecule has 1 saturated carbocycles. The van der Waals surface area contributed by atoms with Crippen molar-refractivity contribution in [3.05, 3.63) is 11.6 Å². The van der Waals surface area contributed by atoms with Crippen LogP contribution in [0.4, 0.5) is 0 Å². The van der Waals surface area contributed by atoms with E-state index in [4.69, 9.17) is 9.73 Å². The SMILES string of the molecule is Cc1nnc(CN=C(NCCCN2CCOCC2)NC2CCC(C)CC2)n1C.I. The zero-order valence-corrected chi connectivity index (χ0v) is 20.5. The van der Waals surface area contributed by atoms with E-state index in [2.05, 4.69) is 32.7 Å². The third kappa shape index (κ3) is 8.01. The molecule has 9 heteroatoms. The molecule has 2 aliphatic rings. The second-order valence-electron chi connectivity index (χ2n) is 8.22. The minimum Gasteiger partial charge on any atom is -0.379 e. The number of aryl methyl sites for hydroxylation is 1. The Morgan fingerprint density at radius 3 is 2.55 bits per heavy atom. The van der Waals surface area contributed by atoms with Crippen LogP contribution >= 0.6 is 24.0 Å². The molecule has 0 aromatic carbocycles. The molecular formula is C20H38IN7O. The number of hydrogen-bond acceptors (Lipinski definition) is 5. The number of guanidine groups is 1. The van der Waals surface area contributed by atoms with Crippen molar-refractivity contribution in [2.75, 3.05) is 39.4 Å². The molecule has 0 spiro atoms. The molecule has 2 N–H and O–H groups in total. The Kier molecular flexibility index (Phi) is 10.6. The van der Waals surface area contributed by atoms with Crippen molar-refractivity contribution in [3.8, 4) is 0 Å². The number of aromatic nitrogens is 3. The number of hydrogen-bond donors (Lipinski definition) is 2. The van der Waals surface area contributed by atoms with E-state index in [0.29, 0.717) is 12.6 Å². The van der Waals surface area contributed by atoms with Gasteiger partial charge in [-0.3, -0.25) is 4.90 Å². The predicted molar refractivity (Wildman–Crippen MR) is 127 cm³/mol. The maximum absolute atomic E-state index is 5.42. The summed E-state index contributed by atoms with van der Waals surface area (Å²) < 4.78 is 7.42. The van der Waals surface area contributed by atoms with Gasteiger partial charge in [-0.25, -0.2) is 4.99 Å². The van der Waals surface area contributed by atoms with E-state index in [1.54, 1.807) is 0 Å². The van der Waals surface area contributed by atoms with Gasteiger partial charge in [0, 0.05) is 32.7 Å². The second-order valence-corrected chi connectivity index (χ2v) is 8.22. The summed E-state index contributed by atoms with van der Waals surface area (Å²) in [6.45, 7) is 10.7. The van der Waals surface area contributed by atoms with Gasteiger partial charge in [-0.05, 0) is 51.5 Å². The summed E-state index contributed by atoms with van der Waals surface area (Å²) in [6, 6.07) is 0.517. The first-order chi connectivity index (χ1) is 13.6. The fraction of sp³-hybridized carbons (Fsp3) is 0.850. The van der Waals surface area contributed by atoms with Gasteiger partial charge in [0.1, 0.15) is 12.4 Å². The summed E-state index contributed by atoms with van der Waals surface area (Å²) in [4.78, 5) is 7.28. The van der Waals surface area contributed by atoms with Gasteiger partial charge in [0.2, 0.25) is 0 Å². The van der Waals surface area contributed by atoms with E-state index in [-0.39, 0.29) is 24.0 Å². The Hall–Kier alpha value is -0.940. The van der Waals surface area contributed by atoms with Crippen molar-refractivity contribution >= 4 is 29.9 Å². The normalized spacial score (nSPS) is 23.5. The molecule has 8 nitrogen and oxygen atoms in total. The van der Waals surface area contributed by atoms with Crippen LogP contribution in [0.2, 0.25) is 0 Å². The molecule has 1 saturated heterocycles. The monoisotopic (exact) mass is 519 g/mol. The van der Waals surface area contributed by atoms with Gasteiger partial charge in [0.15, 0.2) is 11.8 Å². The molecule has 2 fully saturated rings. The van der Waals surface area contributed by atoms with Gasteiger partial charge in [-0.2, -0.15) is 0 Å². The van der Waals surface area contributed by atoms with Crippen molar-refractivity contribution in [2.45, 2.75) is 58.5 Å². The quantitative estimate of drug-likeness (QED) is 0.249. The first kappa shape index (κ1) is 24.3. The van der Waals surface area contributed by atoms with Gasteiger partial charge in [-0.15, -0.1) is 34.2 Å². The van der Waals surface area contributed by atoms with E-state index in [9.17, 15) is 0 Å². The summed E-state index contributed by atoms with van der Waals surface area (Å²) in [6.07, 6.45) is 6.14. The van der Waals surface area contributed by atoms with E-state index in [1.165, 1.54) is 25.7 Å². The highest BCUT2D eigenvalue weighted by molar-refractivity contribution is 14.0. The van der Waals surface area contributed by atoms with E-state index >= 15 is 0 Å². The van der Waals surface area contributed by atoms with Crippen LogP contribution in [-0.2, 0) is 18.3 Å². The fourth-order valence-electron chi connectivity index (χ4n) is 3.82. The number of nitrogens with zero attached hydrogens (tertiary/aromatic N) is 5. The highest BCUT2D eigenvalue weighted by Crippen LogP contribution is 2.23. The highest BCUT2D eigenvalue weighted by Gasteiger charge is 2.19. The topological polar surface area (TPSA) is 79.6 Å². The number of halogens is 1. The van der Waals surface area contributed by atoms with Crippen LogP contribution in [0, 0.1) is 12.8 Å². The molecule has 166 valence electrons. The summed E-state index contributed by atoms with van der Waals surface area (Å²) in [5.41, 5.74) is 0. The van der Waals surface area contributed by atoms with Crippen LogP contribution in [0.1, 0.15) is 50.7 Å². The van der Waals surface area contributed by atoms with E-state index in [0.717, 1.165) is 69.3 Å². The summed E-state index contributed by atoms with van der Waals surface area (Å²) >= 11 is 0. The predicted octanol–water partition coefficient (Wildman–Crippen LogP) is 2.08. The van der Waals surface area contributed by atoms with Crippen molar-refractivity contribution in [1.82, 2.24) is 30.3 Å². The van der Waals surface area contributed by atoms with Gasteiger partial charge < -0.3 is 19.9 Å². The standard InChI is InChI=1S/C20H37N7O.HI/c1-16-5-7-18(8-6-16)23-20(22-15-19-25-24-17(2)26(19)3)21-9-4-10-27-11-13-28-14-12-27;/h16,18H,4-15H2,1-3H3,(H2,21,22,23);1H. The van der Waals surface area contributed by atoms with E-state index < -0.39 is 0 Å². The molecule has 1 aromatic heterocycles. The van der Waals surface area contributed by atoms with Gasteiger partial charge >= 0.3 is 0 Å². The second kappa shape index (κ2) is 12.7. The van der Waals surface area contributed by atoms with Crippen molar-refractivity contribution in [3.63, 3.8) is 0 Å².